The number of nitrogens with zero attached hydrogens (tertiary/aromatic N) is 6. The van der Waals surface area contributed by atoms with Crippen LogP contribution >= 0.6 is 11.6 Å². The molecular formula is C20H23ClN6O3S. The fraction of sp³-hybridized carbons (Fsp3) is 0.350. The standard InChI is InChI=1S/C20H23ClN6O3S/c1-15-13-18(7-8-19(15)30-2)31(28,29)26-11-9-25(10-12-26)14-20-22-23-24-27(20)17-5-3-16(21)4-6-17/h3-8,13H,9-12,14H2,1-2H3. The smallest absolute Gasteiger partial charge is 0.243 e. The van der Waals surface area contributed by atoms with Gasteiger partial charge in [0.05, 0.1) is 24.2 Å². The van der Waals surface area contributed by atoms with Crippen LogP contribution in [0.25, 0.3) is 5.69 Å². The van der Waals surface area contributed by atoms with Gasteiger partial charge in [0.1, 0.15) is 5.75 Å². The van der Waals surface area contributed by atoms with Crippen LogP contribution in [0, 0.1) is 6.92 Å². The predicted molar refractivity (Wildman–Crippen MR) is 116 cm³/mol. The first-order valence-electron chi connectivity index (χ1n) is 9.79. The molecule has 164 valence electrons. The molecule has 0 aliphatic carbocycles. The summed E-state index contributed by atoms with van der Waals surface area (Å²) in [4.78, 5) is 2.43. The van der Waals surface area contributed by atoms with Crippen LogP contribution in [-0.2, 0) is 16.6 Å². The SMILES string of the molecule is COc1ccc(S(=O)(=O)N2CCN(Cc3nnnn3-c3ccc(Cl)cc3)CC2)cc1C. The predicted octanol–water partition coefficient (Wildman–Crippen LogP) is 2.14. The zero-order valence-electron chi connectivity index (χ0n) is 17.3. The molecule has 2 aromatic carbocycles. The summed E-state index contributed by atoms with van der Waals surface area (Å²) in [6, 6.07) is 12.2. The van der Waals surface area contributed by atoms with Crippen LogP contribution in [0.5, 0.6) is 5.75 Å². The number of hydrogen-bond acceptors (Lipinski definition) is 7. The molecule has 0 spiro atoms. The van der Waals surface area contributed by atoms with E-state index in [0.717, 1.165) is 11.3 Å². The first-order chi connectivity index (χ1) is 14.9. The molecule has 0 N–H and O–H groups in total. The number of aromatic nitrogens is 4. The molecule has 0 saturated carbocycles. The largest absolute Gasteiger partial charge is 0.496 e. The molecular weight excluding hydrogens is 440 g/mol. The fourth-order valence-corrected chi connectivity index (χ4v) is 5.21. The van der Waals surface area contributed by atoms with Gasteiger partial charge in [-0.05, 0) is 65.4 Å². The number of halogens is 1. The lowest BCUT2D eigenvalue weighted by Gasteiger charge is -2.33. The summed E-state index contributed by atoms with van der Waals surface area (Å²) < 4.78 is 34.5. The van der Waals surface area contributed by atoms with Gasteiger partial charge in [-0.25, -0.2) is 8.42 Å². The minimum absolute atomic E-state index is 0.283. The quantitative estimate of drug-likeness (QED) is 0.554. The average Bonchev–Trinajstić information content (AvgIpc) is 3.22. The molecule has 1 fully saturated rings. The minimum atomic E-state index is -3.56. The van der Waals surface area contributed by atoms with Crippen LogP contribution in [0.1, 0.15) is 11.4 Å². The van der Waals surface area contributed by atoms with Crippen molar-refractivity contribution in [2.75, 3.05) is 33.3 Å². The van der Waals surface area contributed by atoms with Crippen LogP contribution in [0.4, 0.5) is 0 Å². The Bertz CT molecular complexity index is 1160. The molecule has 4 rings (SSSR count). The van der Waals surface area contributed by atoms with E-state index in [4.69, 9.17) is 16.3 Å². The zero-order valence-corrected chi connectivity index (χ0v) is 18.8. The van der Waals surface area contributed by atoms with Gasteiger partial charge in [-0.2, -0.15) is 8.99 Å². The molecule has 1 aliphatic heterocycles. The summed E-state index contributed by atoms with van der Waals surface area (Å²) in [5.41, 5.74) is 1.61. The van der Waals surface area contributed by atoms with Gasteiger partial charge in [0.25, 0.3) is 0 Å². The molecule has 1 aromatic heterocycles. The molecule has 31 heavy (non-hydrogen) atoms. The highest BCUT2D eigenvalue weighted by Gasteiger charge is 2.29. The second kappa shape index (κ2) is 8.91. The number of piperazine rings is 1. The summed E-state index contributed by atoms with van der Waals surface area (Å²) in [7, 11) is -1.99. The van der Waals surface area contributed by atoms with Crippen LogP contribution in [-0.4, -0.2) is 71.1 Å². The molecule has 1 saturated heterocycles. The highest BCUT2D eigenvalue weighted by Crippen LogP contribution is 2.24. The second-order valence-electron chi connectivity index (χ2n) is 7.29. The van der Waals surface area contributed by atoms with Crippen molar-refractivity contribution in [3.63, 3.8) is 0 Å². The van der Waals surface area contributed by atoms with Gasteiger partial charge in [0.15, 0.2) is 5.82 Å². The molecule has 0 amide bonds. The maximum atomic E-state index is 13.0. The van der Waals surface area contributed by atoms with Gasteiger partial charge >= 0.3 is 0 Å². The summed E-state index contributed by atoms with van der Waals surface area (Å²) in [5.74, 6) is 1.35. The van der Waals surface area contributed by atoms with E-state index in [9.17, 15) is 8.42 Å². The van der Waals surface area contributed by atoms with Crippen molar-refractivity contribution in [1.82, 2.24) is 29.4 Å². The number of tetrazole rings is 1. The summed E-state index contributed by atoms with van der Waals surface area (Å²) >= 11 is 5.96. The highest BCUT2D eigenvalue weighted by atomic mass is 35.5. The van der Waals surface area contributed by atoms with Crippen molar-refractivity contribution in [3.8, 4) is 11.4 Å². The Kier molecular flexibility index (Phi) is 6.24. The molecule has 2 heterocycles. The Labute approximate surface area is 186 Å². The van der Waals surface area contributed by atoms with Crippen molar-refractivity contribution in [3.05, 3.63) is 58.9 Å². The van der Waals surface area contributed by atoms with Gasteiger partial charge in [-0.15, -0.1) is 5.10 Å². The molecule has 0 atom stereocenters. The second-order valence-corrected chi connectivity index (χ2v) is 9.67. The van der Waals surface area contributed by atoms with Crippen LogP contribution in [0.2, 0.25) is 5.02 Å². The average molecular weight is 463 g/mol. The van der Waals surface area contributed by atoms with Crippen LogP contribution in [0.3, 0.4) is 0 Å². The van der Waals surface area contributed by atoms with Crippen molar-refractivity contribution in [2.45, 2.75) is 18.4 Å². The Hall–Kier alpha value is -2.53. The number of sulfonamides is 1. The van der Waals surface area contributed by atoms with Crippen LogP contribution in [0.15, 0.2) is 47.4 Å². The first-order valence-corrected chi connectivity index (χ1v) is 11.6. The lowest BCUT2D eigenvalue weighted by molar-refractivity contribution is 0.177. The lowest BCUT2D eigenvalue weighted by Crippen LogP contribution is -2.48. The number of rotatable bonds is 6. The molecule has 11 heteroatoms. The molecule has 0 unspecified atom stereocenters. The van der Waals surface area contributed by atoms with E-state index >= 15 is 0 Å². The summed E-state index contributed by atoms with van der Waals surface area (Å²) in [6.07, 6.45) is 0. The third-order valence-corrected chi connectivity index (χ3v) is 7.45. The van der Waals surface area contributed by atoms with Gasteiger partial charge in [-0.3, -0.25) is 4.90 Å². The first kappa shape index (κ1) is 21.7. The van der Waals surface area contributed by atoms with E-state index in [2.05, 4.69) is 20.4 Å². The monoisotopic (exact) mass is 462 g/mol. The topological polar surface area (TPSA) is 93.5 Å². The third-order valence-electron chi connectivity index (χ3n) is 5.31. The molecule has 0 bridgehead atoms. The lowest BCUT2D eigenvalue weighted by atomic mass is 10.2. The Morgan fingerprint density at radius 3 is 2.42 bits per heavy atom. The Balaban J connectivity index is 1.42. The van der Waals surface area contributed by atoms with Gasteiger partial charge in [-0.1, -0.05) is 11.6 Å². The van der Waals surface area contributed by atoms with E-state index in [0.29, 0.717) is 49.3 Å². The summed E-state index contributed by atoms with van der Waals surface area (Å²) in [5, 5.41) is 12.6. The Morgan fingerprint density at radius 1 is 1.06 bits per heavy atom. The number of benzene rings is 2. The van der Waals surface area contributed by atoms with Crippen LogP contribution < -0.4 is 4.74 Å². The number of aryl methyl sites for hydroxylation is 1. The Morgan fingerprint density at radius 2 is 1.77 bits per heavy atom. The van der Waals surface area contributed by atoms with Gasteiger partial charge in [0, 0.05) is 31.2 Å². The zero-order chi connectivity index (χ0) is 22.0. The number of methoxy groups -OCH3 is 1. The van der Waals surface area contributed by atoms with Crippen molar-refractivity contribution in [2.24, 2.45) is 0 Å². The summed E-state index contributed by atoms with van der Waals surface area (Å²) in [6.45, 7) is 4.32. The van der Waals surface area contributed by atoms with Crippen molar-refractivity contribution < 1.29 is 13.2 Å². The normalized spacial score (nSPS) is 15.8. The maximum absolute atomic E-state index is 13.0. The fourth-order valence-electron chi connectivity index (χ4n) is 3.58. The highest BCUT2D eigenvalue weighted by molar-refractivity contribution is 7.89. The van der Waals surface area contributed by atoms with Gasteiger partial charge < -0.3 is 4.74 Å². The molecule has 9 nitrogen and oxygen atoms in total. The number of hydrogen-bond donors (Lipinski definition) is 0. The van der Waals surface area contributed by atoms with E-state index in [-0.39, 0.29) is 4.90 Å². The van der Waals surface area contributed by atoms with E-state index < -0.39 is 10.0 Å². The third kappa shape index (κ3) is 4.57. The molecule has 3 aromatic rings. The molecule has 0 radical (unpaired) electrons. The van der Waals surface area contributed by atoms with E-state index in [1.807, 2.05) is 19.1 Å². The maximum Gasteiger partial charge on any atom is 0.243 e. The minimum Gasteiger partial charge on any atom is -0.496 e. The van der Waals surface area contributed by atoms with Crippen molar-refractivity contribution >= 4 is 21.6 Å². The van der Waals surface area contributed by atoms with Gasteiger partial charge in [0.2, 0.25) is 10.0 Å². The molecule has 1 aliphatic rings. The van der Waals surface area contributed by atoms with Crippen molar-refractivity contribution in [1.29, 1.82) is 0 Å². The van der Waals surface area contributed by atoms with E-state index in [1.54, 1.807) is 42.1 Å². The van der Waals surface area contributed by atoms with E-state index in [1.165, 1.54) is 4.31 Å². The number of ether oxygens (including phenoxy) is 1.